The lowest BCUT2D eigenvalue weighted by atomic mass is 9.99. The molecule has 8 nitrogen and oxygen atoms in total. The standard InChI is InChI=1S/C31H37N3O5/c1-21-18-24(16-17-26(21)35)27(28(36)32-20-23-14-10-7-11-15-23)34(5)29(37)25(19-22-12-8-6-9-13-22)33-30(38)39-31(2,3)4/h6-18,25,27,35H,19-20H2,1-5H3,(H,32,36)(H,33,38). The fourth-order valence-electron chi connectivity index (χ4n) is 4.15. The summed E-state index contributed by atoms with van der Waals surface area (Å²) in [6.07, 6.45) is -0.522. The zero-order valence-corrected chi connectivity index (χ0v) is 23.1. The minimum Gasteiger partial charge on any atom is -0.508 e. The van der Waals surface area contributed by atoms with Gasteiger partial charge in [0.15, 0.2) is 0 Å². The number of phenols is 1. The first kappa shape index (κ1) is 29.2. The molecule has 0 fully saturated rings. The van der Waals surface area contributed by atoms with Gasteiger partial charge in [0.05, 0.1) is 0 Å². The number of phenolic OH excluding ortho intramolecular Hbond substituents is 1. The van der Waals surface area contributed by atoms with Gasteiger partial charge in [0.2, 0.25) is 11.8 Å². The van der Waals surface area contributed by atoms with Crippen molar-refractivity contribution in [2.45, 2.75) is 58.3 Å². The molecular formula is C31H37N3O5. The third-order valence-corrected chi connectivity index (χ3v) is 6.10. The highest BCUT2D eigenvalue weighted by molar-refractivity contribution is 5.92. The van der Waals surface area contributed by atoms with E-state index in [9.17, 15) is 19.5 Å². The van der Waals surface area contributed by atoms with Crippen molar-refractivity contribution in [1.82, 2.24) is 15.5 Å². The average molecular weight is 532 g/mol. The van der Waals surface area contributed by atoms with E-state index in [4.69, 9.17) is 4.74 Å². The SMILES string of the molecule is Cc1cc(C(C(=O)NCc2ccccc2)N(C)C(=O)C(Cc2ccccc2)NC(=O)OC(C)(C)C)ccc1O. The van der Waals surface area contributed by atoms with Crippen LogP contribution in [0.4, 0.5) is 4.79 Å². The van der Waals surface area contributed by atoms with Crippen molar-refractivity contribution in [2.24, 2.45) is 0 Å². The number of likely N-dealkylation sites (N-methyl/N-ethyl adjacent to an activating group) is 1. The number of nitrogens with zero attached hydrogens (tertiary/aromatic N) is 1. The van der Waals surface area contributed by atoms with Gasteiger partial charge in [0, 0.05) is 20.0 Å². The van der Waals surface area contributed by atoms with Crippen LogP contribution in [0.25, 0.3) is 0 Å². The molecule has 0 aromatic heterocycles. The molecule has 39 heavy (non-hydrogen) atoms. The van der Waals surface area contributed by atoms with Crippen LogP contribution in [0.3, 0.4) is 0 Å². The molecule has 0 heterocycles. The maximum Gasteiger partial charge on any atom is 0.408 e. The molecule has 0 aliphatic carbocycles. The van der Waals surface area contributed by atoms with Gasteiger partial charge in [0.1, 0.15) is 23.4 Å². The Kier molecular flexibility index (Phi) is 9.71. The highest BCUT2D eigenvalue weighted by atomic mass is 16.6. The second-order valence-electron chi connectivity index (χ2n) is 10.5. The Bertz CT molecular complexity index is 1270. The number of aromatic hydroxyl groups is 1. The third-order valence-electron chi connectivity index (χ3n) is 6.10. The fourth-order valence-corrected chi connectivity index (χ4v) is 4.15. The second-order valence-corrected chi connectivity index (χ2v) is 10.5. The van der Waals surface area contributed by atoms with Crippen LogP contribution in [0, 0.1) is 6.92 Å². The van der Waals surface area contributed by atoms with E-state index in [0.717, 1.165) is 11.1 Å². The molecule has 0 saturated heterocycles. The smallest absolute Gasteiger partial charge is 0.408 e. The lowest BCUT2D eigenvalue weighted by Gasteiger charge is -2.32. The molecule has 0 aliphatic rings. The van der Waals surface area contributed by atoms with E-state index in [1.54, 1.807) is 39.8 Å². The number of carbonyl (C=O) groups is 3. The van der Waals surface area contributed by atoms with Crippen LogP contribution in [0.15, 0.2) is 78.9 Å². The number of ether oxygens (including phenoxy) is 1. The van der Waals surface area contributed by atoms with Crippen LogP contribution in [-0.2, 0) is 27.3 Å². The molecular weight excluding hydrogens is 494 g/mol. The molecule has 0 aliphatic heterocycles. The van der Waals surface area contributed by atoms with E-state index in [0.29, 0.717) is 11.1 Å². The van der Waals surface area contributed by atoms with Crippen LogP contribution in [0.1, 0.15) is 49.1 Å². The first-order valence-corrected chi connectivity index (χ1v) is 12.9. The van der Waals surface area contributed by atoms with Gasteiger partial charge in [-0.3, -0.25) is 9.59 Å². The lowest BCUT2D eigenvalue weighted by Crippen LogP contribution is -2.52. The number of rotatable bonds is 9. The second kappa shape index (κ2) is 13.0. The summed E-state index contributed by atoms with van der Waals surface area (Å²) in [5.41, 5.74) is 2.10. The summed E-state index contributed by atoms with van der Waals surface area (Å²) in [6.45, 7) is 7.23. The summed E-state index contributed by atoms with van der Waals surface area (Å²) in [6, 6.07) is 21.6. The largest absolute Gasteiger partial charge is 0.508 e. The molecule has 0 radical (unpaired) electrons. The number of aryl methyl sites for hydroxylation is 1. The van der Waals surface area contributed by atoms with Gasteiger partial charge in [-0.2, -0.15) is 0 Å². The summed E-state index contributed by atoms with van der Waals surface area (Å²) in [4.78, 5) is 41.5. The molecule has 3 N–H and O–H groups in total. The normalized spacial score (nSPS) is 12.6. The summed E-state index contributed by atoms with van der Waals surface area (Å²) in [7, 11) is 1.53. The van der Waals surface area contributed by atoms with Gasteiger partial charge < -0.3 is 25.4 Å². The maximum absolute atomic E-state index is 13.9. The van der Waals surface area contributed by atoms with Crippen molar-refractivity contribution in [3.63, 3.8) is 0 Å². The first-order valence-electron chi connectivity index (χ1n) is 12.9. The predicted molar refractivity (Wildman–Crippen MR) is 150 cm³/mol. The van der Waals surface area contributed by atoms with Gasteiger partial charge in [-0.1, -0.05) is 66.7 Å². The number of benzene rings is 3. The van der Waals surface area contributed by atoms with Crippen molar-refractivity contribution in [1.29, 1.82) is 0 Å². The van der Waals surface area contributed by atoms with Crippen LogP contribution < -0.4 is 10.6 Å². The van der Waals surface area contributed by atoms with Crippen molar-refractivity contribution >= 4 is 17.9 Å². The number of amides is 3. The highest BCUT2D eigenvalue weighted by Gasteiger charge is 2.34. The van der Waals surface area contributed by atoms with Crippen LogP contribution in [0.5, 0.6) is 5.75 Å². The Morgan fingerprint density at radius 2 is 1.51 bits per heavy atom. The molecule has 3 rings (SSSR count). The zero-order valence-electron chi connectivity index (χ0n) is 23.1. The fraction of sp³-hybridized carbons (Fsp3) is 0.323. The van der Waals surface area contributed by atoms with Gasteiger partial charge in [-0.25, -0.2) is 4.79 Å². The molecule has 0 bridgehead atoms. The molecule has 8 heteroatoms. The van der Waals surface area contributed by atoms with E-state index in [2.05, 4.69) is 10.6 Å². The van der Waals surface area contributed by atoms with Gasteiger partial charge in [0.25, 0.3) is 0 Å². The van der Waals surface area contributed by atoms with E-state index < -0.39 is 35.6 Å². The summed E-state index contributed by atoms with van der Waals surface area (Å²) < 4.78 is 5.42. The van der Waals surface area contributed by atoms with Crippen molar-refractivity contribution in [2.75, 3.05) is 7.05 Å². The van der Waals surface area contributed by atoms with Crippen molar-refractivity contribution in [3.8, 4) is 5.75 Å². The molecule has 0 saturated carbocycles. The number of nitrogens with one attached hydrogen (secondary N) is 2. The first-order chi connectivity index (χ1) is 18.4. The van der Waals surface area contributed by atoms with Crippen molar-refractivity contribution in [3.05, 3.63) is 101 Å². The molecule has 206 valence electrons. The number of hydrogen-bond acceptors (Lipinski definition) is 5. The molecule has 2 atom stereocenters. The average Bonchev–Trinajstić information content (AvgIpc) is 2.89. The highest BCUT2D eigenvalue weighted by Crippen LogP contribution is 2.26. The minimum absolute atomic E-state index is 0.0877. The Hall–Kier alpha value is -4.33. The third kappa shape index (κ3) is 8.60. The molecule has 3 amide bonds. The monoisotopic (exact) mass is 531 g/mol. The Balaban J connectivity index is 1.92. The summed E-state index contributed by atoms with van der Waals surface area (Å²) in [5, 5.41) is 15.7. The number of carbonyl (C=O) groups excluding carboxylic acids is 3. The van der Waals surface area contributed by atoms with Crippen molar-refractivity contribution < 1.29 is 24.2 Å². The summed E-state index contributed by atoms with van der Waals surface area (Å²) in [5.74, 6) is -0.768. The van der Waals surface area contributed by atoms with Crippen LogP contribution in [-0.4, -0.2) is 46.6 Å². The Morgan fingerprint density at radius 3 is 2.08 bits per heavy atom. The van der Waals surface area contributed by atoms with E-state index >= 15 is 0 Å². The molecule has 3 aromatic rings. The van der Waals surface area contributed by atoms with Gasteiger partial charge in [-0.15, -0.1) is 0 Å². The zero-order chi connectivity index (χ0) is 28.6. The topological polar surface area (TPSA) is 108 Å². The number of alkyl carbamates (subject to hydrolysis) is 1. The molecule has 3 aromatic carbocycles. The predicted octanol–water partition coefficient (Wildman–Crippen LogP) is 4.65. The van der Waals surface area contributed by atoms with Crippen LogP contribution in [0.2, 0.25) is 0 Å². The summed E-state index contributed by atoms with van der Waals surface area (Å²) >= 11 is 0. The van der Waals surface area contributed by atoms with E-state index in [1.807, 2.05) is 60.7 Å². The van der Waals surface area contributed by atoms with E-state index in [-0.39, 0.29) is 18.7 Å². The van der Waals surface area contributed by atoms with Gasteiger partial charge in [-0.05, 0) is 62.1 Å². The van der Waals surface area contributed by atoms with E-state index in [1.165, 1.54) is 18.0 Å². The van der Waals surface area contributed by atoms with Gasteiger partial charge >= 0.3 is 6.09 Å². The maximum atomic E-state index is 13.9. The Labute approximate surface area is 230 Å². The lowest BCUT2D eigenvalue weighted by molar-refractivity contribution is -0.140. The Morgan fingerprint density at radius 1 is 0.923 bits per heavy atom. The quantitative estimate of drug-likeness (QED) is 0.373. The molecule has 2 unspecified atom stereocenters. The molecule has 0 spiro atoms. The minimum atomic E-state index is -1.01. The van der Waals surface area contributed by atoms with Crippen LogP contribution >= 0.6 is 0 Å². The number of hydrogen-bond donors (Lipinski definition) is 3.